The predicted molar refractivity (Wildman–Crippen MR) is 87.7 cm³/mol. The number of hydrogen-bond donors (Lipinski definition) is 4. The lowest BCUT2D eigenvalue weighted by atomic mass is 10.0. The fourth-order valence-corrected chi connectivity index (χ4v) is 2.44. The number of ether oxygens (including phenoxy) is 1. The van der Waals surface area contributed by atoms with E-state index in [1.165, 1.54) is 7.11 Å². The van der Waals surface area contributed by atoms with Crippen molar-refractivity contribution < 1.29 is 19.1 Å². The van der Waals surface area contributed by atoms with Crippen molar-refractivity contribution in [3.63, 3.8) is 0 Å². The molecule has 2 unspecified atom stereocenters. The molecular weight excluding hydrogens is 312 g/mol. The van der Waals surface area contributed by atoms with Crippen molar-refractivity contribution in [2.75, 3.05) is 7.11 Å². The van der Waals surface area contributed by atoms with Crippen molar-refractivity contribution >= 4 is 28.7 Å². The monoisotopic (exact) mass is 332 g/mol. The van der Waals surface area contributed by atoms with Crippen LogP contribution in [0, 0.1) is 0 Å². The molecule has 1 aromatic heterocycles. The summed E-state index contributed by atoms with van der Waals surface area (Å²) in [5.74, 6) is -1.92. The number of para-hydroxylation sites is 1. The molecule has 6 N–H and O–H groups in total. The van der Waals surface area contributed by atoms with E-state index in [2.05, 4.69) is 10.3 Å². The molecule has 0 aliphatic carbocycles. The molecule has 0 radical (unpaired) electrons. The Morgan fingerprint density at radius 2 is 2.00 bits per heavy atom. The number of hydrogen-bond acceptors (Lipinski definition) is 5. The van der Waals surface area contributed by atoms with Gasteiger partial charge >= 0.3 is 5.97 Å². The molecule has 0 saturated heterocycles. The number of benzene rings is 1. The van der Waals surface area contributed by atoms with Crippen molar-refractivity contribution in [2.24, 2.45) is 11.5 Å². The molecule has 2 rings (SSSR count). The number of aromatic nitrogens is 1. The van der Waals surface area contributed by atoms with Gasteiger partial charge in [-0.1, -0.05) is 18.2 Å². The maximum Gasteiger partial charge on any atom is 0.328 e. The number of nitrogens with two attached hydrogens (primary N) is 2. The molecule has 2 atom stereocenters. The smallest absolute Gasteiger partial charge is 0.328 e. The van der Waals surface area contributed by atoms with E-state index in [0.29, 0.717) is 0 Å². The Labute approximate surface area is 138 Å². The lowest BCUT2D eigenvalue weighted by molar-refractivity contribution is -0.145. The number of methoxy groups -OCH3 is 1. The summed E-state index contributed by atoms with van der Waals surface area (Å²) in [4.78, 5) is 38.0. The molecule has 2 aromatic rings. The fourth-order valence-electron chi connectivity index (χ4n) is 2.44. The van der Waals surface area contributed by atoms with E-state index in [-0.39, 0.29) is 12.8 Å². The Morgan fingerprint density at radius 1 is 1.29 bits per heavy atom. The molecule has 8 heteroatoms. The Balaban J connectivity index is 2.15. The van der Waals surface area contributed by atoms with Crippen LogP contribution in [-0.2, 0) is 25.5 Å². The highest BCUT2D eigenvalue weighted by atomic mass is 16.5. The molecule has 24 heavy (non-hydrogen) atoms. The Morgan fingerprint density at radius 3 is 2.67 bits per heavy atom. The van der Waals surface area contributed by atoms with Gasteiger partial charge in [-0.05, 0) is 11.6 Å². The van der Waals surface area contributed by atoms with E-state index >= 15 is 0 Å². The van der Waals surface area contributed by atoms with Crippen LogP contribution in [0.5, 0.6) is 0 Å². The van der Waals surface area contributed by atoms with Crippen LogP contribution in [0.4, 0.5) is 0 Å². The molecule has 128 valence electrons. The summed E-state index contributed by atoms with van der Waals surface area (Å²) in [5.41, 5.74) is 12.4. The number of primary amides is 1. The minimum Gasteiger partial charge on any atom is -0.467 e. The molecule has 8 nitrogen and oxygen atoms in total. The van der Waals surface area contributed by atoms with Crippen LogP contribution in [0.1, 0.15) is 12.0 Å². The summed E-state index contributed by atoms with van der Waals surface area (Å²) in [6, 6.07) is 5.57. The molecule has 0 saturated carbocycles. The van der Waals surface area contributed by atoms with Crippen LogP contribution >= 0.6 is 0 Å². The van der Waals surface area contributed by atoms with Crippen LogP contribution in [0.15, 0.2) is 30.5 Å². The first-order valence-electron chi connectivity index (χ1n) is 7.39. The third-order valence-electron chi connectivity index (χ3n) is 3.66. The van der Waals surface area contributed by atoms with E-state index in [1.54, 1.807) is 6.20 Å². The normalized spacial score (nSPS) is 13.2. The van der Waals surface area contributed by atoms with E-state index in [4.69, 9.17) is 16.2 Å². The van der Waals surface area contributed by atoms with Gasteiger partial charge < -0.3 is 26.5 Å². The molecule has 0 aliphatic heterocycles. The Bertz CT molecular complexity index is 755. The molecular formula is C16H20N4O4. The average Bonchev–Trinajstić information content (AvgIpc) is 2.96. The van der Waals surface area contributed by atoms with Crippen LogP contribution in [0.2, 0.25) is 0 Å². The van der Waals surface area contributed by atoms with Gasteiger partial charge in [-0.2, -0.15) is 0 Å². The summed E-state index contributed by atoms with van der Waals surface area (Å²) in [6.45, 7) is 0. The van der Waals surface area contributed by atoms with Gasteiger partial charge in [0.1, 0.15) is 6.04 Å². The largest absolute Gasteiger partial charge is 0.467 e. The highest BCUT2D eigenvalue weighted by Crippen LogP contribution is 2.19. The van der Waals surface area contributed by atoms with Crippen molar-refractivity contribution in [1.82, 2.24) is 10.3 Å². The second-order valence-corrected chi connectivity index (χ2v) is 5.42. The third kappa shape index (κ3) is 4.11. The first-order valence-corrected chi connectivity index (χ1v) is 7.39. The predicted octanol–water partition coefficient (Wildman–Crippen LogP) is -0.429. The Hall–Kier alpha value is -2.87. The first kappa shape index (κ1) is 17.5. The molecule has 1 aromatic carbocycles. The van der Waals surface area contributed by atoms with Crippen molar-refractivity contribution in [3.05, 3.63) is 36.0 Å². The number of H-pyrrole nitrogens is 1. The van der Waals surface area contributed by atoms with Gasteiger partial charge in [0.25, 0.3) is 0 Å². The first-order chi connectivity index (χ1) is 11.4. The average molecular weight is 332 g/mol. The highest BCUT2D eigenvalue weighted by Gasteiger charge is 2.26. The van der Waals surface area contributed by atoms with Gasteiger partial charge in [0.05, 0.1) is 19.6 Å². The lowest BCUT2D eigenvalue weighted by Gasteiger charge is -2.18. The molecule has 0 bridgehead atoms. The number of aromatic amines is 1. The number of esters is 1. The van der Waals surface area contributed by atoms with Gasteiger partial charge in [0, 0.05) is 23.5 Å². The van der Waals surface area contributed by atoms with E-state index in [1.807, 2.05) is 24.3 Å². The van der Waals surface area contributed by atoms with E-state index < -0.39 is 29.9 Å². The second-order valence-electron chi connectivity index (χ2n) is 5.42. The summed E-state index contributed by atoms with van der Waals surface area (Å²) in [5, 5.41) is 3.46. The van der Waals surface area contributed by atoms with E-state index in [9.17, 15) is 14.4 Å². The van der Waals surface area contributed by atoms with Gasteiger partial charge in [0.15, 0.2) is 0 Å². The Kier molecular flexibility index (Phi) is 5.54. The van der Waals surface area contributed by atoms with Crippen LogP contribution in [0.3, 0.4) is 0 Å². The molecule has 1 heterocycles. The topological polar surface area (TPSA) is 140 Å². The minimum absolute atomic E-state index is 0.228. The number of nitrogens with one attached hydrogen (secondary N) is 2. The van der Waals surface area contributed by atoms with Crippen LogP contribution < -0.4 is 16.8 Å². The maximum atomic E-state index is 12.0. The zero-order valence-electron chi connectivity index (χ0n) is 13.2. The summed E-state index contributed by atoms with van der Waals surface area (Å²) < 4.78 is 4.74. The van der Waals surface area contributed by atoms with Gasteiger partial charge in [-0.25, -0.2) is 4.79 Å². The van der Waals surface area contributed by atoms with Gasteiger partial charge in [0.2, 0.25) is 11.8 Å². The zero-order chi connectivity index (χ0) is 17.7. The second kappa shape index (κ2) is 7.60. The summed E-state index contributed by atoms with van der Waals surface area (Å²) >= 11 is 0. The number of amides is 2. The van der Waals surface area contributed by atoms with Gasteiger partial charge in [-0.15, -0.1) is 0 Å². The number of rotatable bonds is 7. The summed E-state index contributed by atoms with van der Waals surface area (Å²) in [6.07, 6.45) is 1.70. The SMILES string of the molecule is COC(=O)C(Cc1c[nH]c2ccccc12)NC(=O)C(N)CC(N)=O. The zero-order valence-corrected chi connectivity index (χ0v) is 13.2. The molecule has 0 fully saturated rings. The van der Waals surface area contributed by atoms with Crippen LogP contribution in [-0.4, -0.2) is 42.0 Å². The number of carbonyl (C=O) groups excluding carboxylic acids is 3. The maximum absolute atomic E-state index is 12.0. The lowest BCUT2D eigenvalue weighted by Crippen LogP contribution is -2.50. The van der Waals surface area contributed by atoms with E-state index in [0.717, 1.165) is 16.5 Å². The minimum atomic E-state index is -1.11. The fraction of sp³-hybridized carbons (Fsp3) is 0.312. The van der Waals surface area contributed by atoms with Crippen molar-refractivity contribution in [2.45, 2.75) is 24.9 Å². The standard InChI is InChI=1S/C16H20N4O4/c1-24-16(23)13(20-15(22)11(17)7-14(18)21)6-9-8-19-12-5-3-2-4-10(9)12/h2-5,8,11,13,19H,6-7,17H2,1H3,(H2,18,21)(H,20,22). The number of fused-ring (bicyclic) bond motifs is 1. The van der Waals surface area contributed by atoms with Crippen molar-refractivity contribution in [1.29, 1.82) is 0 Å². The molecule has 2 amide bonds. The number of carbonyl (C=O) groups is 3. The van der Waals surface area contributed by atoms with Gasteiger partial charge in [-0.3, -0.25) is 9.59 Å². The highest BCUT2D eigenvalue weighted by molar-refractivity contribution is 5.91. The van der Waals surface area contributed by atoms with Crippen molar-refractivity contribution in [3.8, 4) is 0 Å². The molecule has 0 spiro atoms. The van der Waals surface area contributed by atoms with Crippen LogP contribution in [0.25, 0.3) is 10.9 Å². The summed E-state index contributed by atoms with van der Waals surface area (Å²) in [7, 11) is 1.24. The quantitative estimate of drug-likeness (QED) is 0.509. The third-order valence-corrected chi connectivity index (χ3v) is 3.66. The molecule has 0 aliphatic rings.